The Morgan fingerprint density at radius 2 is 1.42 bits per heavy atom. The van der Waals surface area contributed by atoms with Crippen LogP contribution in [0.5, 0.6) is 11.5 Å². The standard InChI is InChI=1S/C26H35N3O3.C2H2O4/c1-2-32-24-10-6-9-23(25(24)30)20-27-13-11-22(12-14-27)26(31)29-17-15-28(16-18-29)19-21-7-4-3-5-8-21;3-1(4)2(5)6/h3-10,22,30H,2,11-20H2,1H3;(H,3,4)(H,5,6). The van der Waals surface area contributed by atoms with E-state index in [1.165, 1.54) is 5.56 Å². The molecule has 2 aliphatic rings. The summed E-state index contributed by atoms with van der Waals surface area (Å²) in [6, 6.07) is 16.2. The van der Waals surface area contributed by atoms with Crippen LogP contribution in [0.2, 0.25) is 0 Å². The van der Waals surface area contributed by atoms with Gasteiger partial charge in [-0.15, -0.1) is 0 Å². The third kappa shape index (κ3) is 8.46. The van der Waals surface area contributed by atoms with E-state index in [1.54, 1.807) is 6.07 Å². The van der Waals surface area contributed by atoms with Crippen LogP contribution in [0.4, 0.5) is 0 Å². The van der Waals surface area contributed by atoms with Crippen molar-refractivity contribution in [2.75, 3.05) is 45.9 Å². The van der Waals surface area contributed by atoms with Crippen molar-refractivity contribution in [1.29, 1.82) is 0 Å². The van der Waals surface area contributed by atoms with E-state index in [2.05, 4.69) is 39.0 Å². The van der Waals surface area contributed by atoms with Crippen LogP contribution in [0.1, 0.15) is 30.9 Å². The Hall–Kier alpha value is -3.63. The number of piperidine rings is 1. The van der Waals surface area contributed by atoms with Crippen LogP contribution in [0, 0.1) is 5.92 Å². The fraction of sp³-hybridized carbons (Fsp3) is 0.464. The third-order valence-electron chi connectivity index (χ3n) is 6.83. The molecule has 2 heterocycles. The van der Waals surface area contributed by atoms with Crippen LogP contribution in [0.25, 0.3) is 0 Å². The third-order valence-corrected chi connectivity index (χ3v) is 6.83. The average molecular weight is 528 g/mol. The Labute approximate surface area is 223 Å². The number of aromatic hydroxyl groups is 1. The van der Waals surface area contributed by atoms with Crippen molar-refractivity contribution in [3.05, 3.63) is 59.7 Å². The summed E-state index contributed by atoms with van der Waals surface area (Å²) >= 11 is 0. The maximum Gasteiger partial charge on any atom is 0.414 e. The lowest BCUT2D eigenvalue weighted by Crippen LogP contribution is -2.51. The number of carbonyl (C=O) groups is 3. The largest absolute Gasteiger partial charge is 0.504 e. The summed E-state index contributed by atoms with van der Waals surface area (Å²) in [5, 5.41) is 25.2. The van der Waals surface area contributed by atoms with Crippen molar-refractivity contribution in [2.24, 2.45) is 5.92 Å². The number of carboxylic acid groups (broad SMARTS) is 2. The summed E-state index contributed by atoms with van der Waals surface area (Å²) in [6.07, 6.45) is 1.77. The van der Waals surface area contributed by atoms with Crippen LogP contribution in [0.15, 0.2) is 48.5 Å². The number of nitrogens with zero attached hydrogens (tertiary/aromatic N) is 3. The molecule has 4 rings (SSSR count). The monoisotopic (exact) mass is 527 g/mol. The number of ether oxygens (including phenoxy) is 1. The highest BCUT2D eigenvalue weighted by Crippen LogP contribution is 2.31. The van der Waals surface area contributed by atoms with E-state index in [4.69, 9.17) is 24.5 Å². The van der Waals surface area contributed by atoms with E-state index in [1.807, 2.05) is 25.1 Å². The minimum atomic E-state index is -1.82. The van der Waals surface area contributed by atoms with Crippen molar-refractivity contribution < 1.29 is 34.4 Å². The maximum atomic E-state index is 13.1. The molecule has 2 aliphatic heterocycles. The summed E-state index contributed by atoms with van der Waals surface area (Å²) in [5.41, 5.74) is 2.22. The van der Waals surface area contributed by atoms with Gasteiger partial charge in [-0.25, -0.2) is 9.59 Å². The first-order valence-electron chi connectivity index (χ1n) is 13.0. The molecule has 3 N–H and O–H groups in total. The smallest absolute Gasteiger partial charge is 0.414 e. The van der Waals surface area contributed by atoms with Gasteiger partial charge in [0.05, 0.1) is 6.61 Å². The Bertz CT molecular complexity index is 1050. The quantitative estimate of drug-likeness (QED) is 0.465. The number of piperazine rings is 1. The molecular formula is C28H37N3O7. The van der Waals surface area contributed by atoms with Crippen molar-refractivity contribution in [3.63, 3.8) is 0 Å². The van der Waals surface area contributed by atoms with Gasteiger partial charge in [-0.1, -0.05) is 42.5 Å². The summed E-state index contributed by atoms with van der Waals surface area (Å²) in [4.78, 5) is 38.1. The fourth-order valence-electron chi connectivity index (χ4n) is 4.77. The molecule has 38 heavy (non-hydrogen) atoms. The molecule has 0 unspecified atom stereocenters. The second kappa shape index (κ2) is 14.3. The first-order chi connectivity index (χ1) is 18.3. The van der Waals surface area contributed by atoms with Gasteiger partial charge < -0.3 is 25.0 Å². The van der Waals surface area contributed by atoms with Crippen LogP contribution in [0.3, 0.4) is 0 Å². The molecule has 206 valence electrons. The zero-order chi connectivity index (χ0) is 27.5. The zero-order valence-corrected chi connectivity index (χ0v) is 21.8. The molecule has 0 aliphatic carbocycles. The van der Waals surface area contributed by atoms with Crippen molar-refractivity contribution in [2.45, 2.75) is 32.9 Å². The van der Waals surface area contributed by atoms with Crippen molar-refractivity contribution >= 4 is 17.8 Å². The molecule has 1 amide bonds. The minimum Gasteiger partial charge on any atom is -0.504 e. The van der Waals surface area contributed by atoms with Crippen molar-refractivity contribution in [3.8, 4) is 11.5 Å². The van der Waals surface area contributed by atoms with E-state index >= 15 is 0 Å². The Morgan fingerprint density at radius 3 is 2.00 bits per heavy atom. The molecule has 0 spiro atoms. The summed E-state index contributed by atoms with van der Waals surface area (Å²) in [5.74, 6) is -2.42. The molecule has 10 nitrogen and oxygen atoms in total. The summed E-state index contributed by atoms with van der Waals surface area (Å²) in [7, 11) is 0. The van der Waals surface area contributed by atoms with Crippen LogP contribution in [-0.2, 0) is 27.5 Å². The maximum absolute atomic E-state index is 13.1. The van der Waals surface area contributed by atoms with Gasteiger partial charge in [-0.2, -0.15) is 0 Å². The fourth-order valence-corrected chi connectivity index (χ4v) is 4.77. The zero-order valence-electron chi connectivity index (χ0n) is 21.8. The van der Waals surface area contributed by atoms with E-state index in [0.29, 0.717) is 24.8 Å². The number of carboxylic acids is 2. The number of amides is 1. The van der Waals surface area contributed by atoms with Gasteiger partial charge in [0.2, 0.25) is 5.91 Å². The minimum absolute atomic E-state index is 0.121. The van der Waals surface area contributed by atoms with E-state index in [-0.39, 0.29) is 11.7 Å². The lowest BCUT2D eigenvalue weighted by Gasteiger charge is -2.38. The second-order valence-corrected chi connectivity index (χ2v) is 9.44. The van der Waals surface area contributed by atoms with Crippen LogP contribution < -0.4 is 4.74 Å². The van der Waals surface area contributed by atoms with E-state index < -0.39 is 11.9 Å². The number of hydrogen-bond acceptors (Lipinski definition) is 7. The highest BCUT2D eigenvalue weighted by atomic mass is 16.5. The van der Waals surface area contributed by atoms with E-state index in [0.717, 1.165) is 64.2 Å². The highest BCUT2D eigenvalue weighted by molar-refractivity contribution is 6.27. The Morgan fingerprint density at radius 1 is 0.816 bits per heavy atom. The summed E-state index contributed by atoms with van der Waals surface area (Å²) in [6.45, 7) is 9.37. The van der Waals surface area contributed by atoms with Crippen LogP contribution >= 0.6 is 0 Å². The molecule has 2 aromatic carbocycles. The number of likely N-dealkylation sites (tertiary alicyclic amines) is 1. The molecule has 2 saturated heterocycles. The number of phenolic OH excluding ortho intramolecular Hbond substituents is 1. The van der Waals surface area contributed by atoms with Gasteiger partial charge in [0.1, 0.15) is 0 Å². The van der Waals surface area contributed by atoms with Crippen molar-refractivity contribution in [1.82, 2.24) is 14.7 Å². The molecule has 0 atom stereocenters. The normalized spacial score (nSPS) is 16.8. The molecule has 2 aromatic rings. The number of rotatable bonds is 7. The molecule has 0 radical (unpaired) electrons. The number of para-hydroxylation sites is 1. The van der Waals surface area contributed by atoms with E-state index in [9.17, 15) is 9.90 Å². The molecule has 0 saturated carbocycles. The predicted octanol–water partition coefficient (Wildman–Crippen LogP) is 2.50. The number of carbonyl (C=O) groups excluding carboxylic acids is 1. The topological polar surface area (TPSA) is 131 Å². The second-order valence-electron chi connectivity index (χ2n) is 9.44. The number of aliphatic carboxylic acids is 2. The lowest BCUT2D eigenvalue weighted by atomic mass is 9.94. The average Bonchev–Trinajstić information content (AvgIpc) is 2.92. The lowest BCUT2D eigenvalue weighted by molar-refractivity contribution is -0.159. The first-order valence-corrected chi connectivity index (χ1v) is 13.0. The number of phenols is 1. The highest BCUT2D eigenvalue weighted by Gasteiger charge is 2.30. The number of benzene rings is 2. The van der Waals surface area contributed by atoms with Gasteiger partial charge in [-0.3, -0.25) is 14.6 Å². The van der Waals surface area contributed by atoms with Gasteiger partial charge in [0.25, 0.3) is 0 Å². The van der Waals surface area contributed by atoms with Gasteiger partial charge in [-0.05, 0) is 44.5 Å². The van der Waals surface area contributed by atoms with Gasteiger partial charge in [0.15, 0.2) is 11.5 Å². The Kier molecular flexibility index (Phi) is 10.9. The molecule has 0 aromatic heterocycles. The molecule has 2 fully saturated rings. The molecular weight excluding hydrogens is 490 g/mol. The summed E-state index contributed by atoms with van der Waals surface area (Å²) < 4.78 is 5.50. The predicted molar refractivity (Wildman–Crippen MR) is 141 cm³/mol. The van der Waals surface area contributed by atoms with Gasteiger partial charge in [0, 0.05) is 50.7 Å². The number of hydrogen-bond donors (Lipinski definition) is 3. The first kappa shape index (κ1) is 28.9. The van der Waals surface area contributed by atoms with Crippen LogP contribution in [-0.4, -0.2) is 93.7 Å². The Balaban J connectivity index is 0.000000599. The molecule has 0 bridgehead atoms. The SMILES string of the molecule is CCOc1cccc(CN2CCC(C(=O)N3CCN(Cc4ccccc4)CC3)CC2)c1O.O=C(O)C(=O)O. The van der Waals surface area contributed by atoms with Gasteiger partial charge >= 0.3 is 11.9 Å². The molecule has 10 heteroatoms.